The zero-order valence-corrected chi connectivity index (χ0v) is 15.2. The Balaban J connectivity index is 1.73. The SMILES string of the molecule is Cc1ccc(-c2ccc(CC3CCC(C)CC3)cc2)c(C)c1C. The minimum Gasteiger partial charge on any atom is -0.0625 e. The molecule has 1 fully saturated rings. The van der Waals surface area contributed by atoms with Gasteiger partial charge in [-0.2, -0.15) is 0 Å². The summed E-state index contributed by atoms with van der Waals surface area (Å²) in [7, 11) is 0. The van der Waals surface area contributed by atoms with Crippen molar-refractivity contribution >= 4 is 0 Å². The van der Waals surface area contributed by atoms with Crippen molar-refractivity contribution in [2.45, 2.75) is 59.8 Å². The third-order valence-electron chi connectivity index (χ3n) is 5.98. The molecule has 1 aliphatic rings. The molecule has 2 aromatic rings. The lowest BCUT2D eigenvalue weighted by Crippen LogP contribution is -2.14. The Kier molecular flexibility index (Phi) is 4.90. The van der Waals surface area contributed by atoms with E-state index in [4.69, 9.17) is 0 Å². The molecule has 0 atom stereocenters. The van der Waals surface area contributed by atoms with Gasteiger partial charge in [-0.3, -0.25) is 0 Å². The second kappa shape index (κ2) is 6.91. The molecule has 0 spiro atoms. The van der Waals surface area contributed by atoms with Gasteiger partial charge in [0.1, 0.15) is 0 Å². The Morgan fingerprint density at radius 2 is 1.43 bits per heavy atom. The maximum atomic E-state index is 2.40. The van der Waals surface area contributed by atoms with Gasteiger partial charge in [0.2, 0.25) is 0 Å². The first-order valence-electron chi connectivity index (χ1n) is 9.20. The minimum atomic E-state index is 0.903. The van der Waals surface area contributed by atoms with E-state index < -0.39 is 0 Å². The summed E-state index contributed by atoms with van der Waals surface area (Å²) < 4.78 is 0. The Hall–Kier alpha value is -1.56. The van der Waals surface area contributed by atoms with Gasteiger partial charge >= 0.3 is 0 Å². The Bertz CT molecular complexity index is 655. The van der Waals surface area contributed by atoms with Gasteiger partial charge in [-0.25, -0.2) is 0 Å². The fourth-order valence-corrected chi connectivity index (χ4v) is 3.96. The monoisotopic (exact) mass is 306 g/mol. The summed E-state index contributed by atoms with van der Waals surface area (Å²) in [5, 5.41) is 0. The van der Waals surface area contributed by atoms with Crippen molar-refractivity contribution in [2.24, 2.45) is 11.8 Å². The average Bonchev–Trinajstić information content (AvgIpc) is 2.56. The van der Waals surface area contributed by atoms with Crippen molar-refractivity contribution in [2.75, 3.05) is 0 Å². The number of hydrogen-bond acceptors (Lipinski definition) is 0. The largest absolute Gasteiger partial charge is 0.0625 e. The van der Waals surface area contributed by atoms with Crippen LogP contribution in [0.5, 0.6) is 0 Å². The molecule has 0 unspecified atom stereocenters. The second-order valence-electron chi connectivity index (χ2n) is 7.71. The van der Waals surface area contributed by atoms with E-state index in [2.05, 4.69) is 64.1 Å². The van der Waals surface area contributed by atoms with E-state index in [0.29, 0.717) is 0 Å². The van der Waals surface area contributed by atoms with Crippen LogP contribution in [0.25, 0.3) is 11.1 Å². The van der Waals surface area contributed by atoms with E-state index in [1.165, 1.54) is 65.5 Å². The molecule has 0 amide bonds. The van der Waals surface area contributed by atoms with Crippen molar-refractivity contribution in [1.82, 2.24) is 0 Å². The third-order valence-corrected chi connectivity index (χ3v) is 5.98. The molecule has 0 N–H and O–H groups in total. The summed E-state index contributed by atoms with van der Waals surface area (Å²) in [6.45, 7) is 9.07. The van der Waals surface area contributed by atoms with Gasteiger partial charge in [-0.05, 0) is 85.3 Å². The smallest absolute Gasteiger partial charge is 0.0152 e. The van der Waals surface area contributed by atoms with Crippen molar-refractivity contribution < 1.29 is 0 Å². The van der Waals surface area contributed by atoms with Gasteiger partial charge in [0, 0.05) is 0 Å². The highest BCUT2D eigenvalue weighted by Crippen LogP contribution is 2.32. The highest BCUT2D eigenvalue weighted by molar-refractivity contribution is 5.69. The van der Waals surface area contributed by atoms with Crippen molar-refractivity contribution in [3.63, 3.8) is 0 Å². The van der Waals surface area contributed by atoms with Gasteiger partial charge < -0.3 is 0 Å². The molecular formula is C23H30. The highest BCUT2D eigenvalue weighted by atomic mass is 14.2. The van der Waals surface area contributed by atoms with Crippen molar-refractivity contribution in [1.29, 1.82) is 0 Å². The molecule has 23 heavy (non-hydrogen) atoms. The normalized spacial score (nSPS) is 21.4. The van der Waals surface area contributed by atoms with Crippen LogP contribution in [0.1, 0.15) is 54.9 Å². The van der Waals surface area contributed by atoms with Gasteiger partial charge in [0.05, 0.1) is 0 Å². The lowest BCUT2D eigenvalue weighted by Gasteiger charge is -2.26. The van der Waals surface area contributed by atoms with E-state index >= 15 is 0 Å². The summed E-state index contributed by atoms with van der Waals surface area (Å²) in [5.74, 6) is 1.85. The van der Waals surface area contributed by atoms with Gasteiger partial charge in [0.25, 0.3) is 0 Å². The first kappa shape index (κ1) is 16.3. The van der Waals surface area contributed by atoms with Gasteiger partial charge in [-0.1, -0.05) is 56.2 Å². The minimum absolute atomic E-state index is 0.903. The Morgan fingerprint density at radius 1 is 0.783 bits per heavy atom. The van der Waals surface area contributed by atoms with Crippen molar-refractivity contribution in [3.8, 4) is 11.1 Å². The molecule has 0 bridgehead atoms. The first-order chi connectivity index (χ1) is 11.0. The zero-order chi connectivity index (χ0) is 16.4. The van der Waals surface area contributed by atoms with Crippen LogP contribution in [-0.4, -0.2) is 0 Å². The highest BCUT2D eigenvalue weighted by Gasteiger charge is 2.18. The predicted molar refractivity (Wildman–Crippen MR) is 101 cm³/mol. The summed E-state index contributed by atoms with van der Waals surface area (Å²) in [6.07, 6.45) is 6.94. The first-order valence-corrected chi connectivity index (χ1v) is 9.20. The summed E-state index contributed by atoms with van der Waals surface area (Å²) >= 11 is 0. The quantitative estimate of drug-likeness (QED) is 0.595. The third kappa shape index (κ3) is 3.68. The Labute approximate surface area is 141 Å². The number of rotatable bonds is 3. The van der Waals surface area contributed by atoms with Crippen LogP contribution in [0.4, 0.5) is 0 Å². The van der Waals surface area contributed by atoms with Crippen LogP contribution in [0.2, 0.25) is 0 Å². The lowest BCUT2D eigenvalue weighted by molar-refractivity contribution is 0.289. The maximum absolute atomic E-state index is 2.40. The van der Waals surface area contributed by atoms with Crippen LogP contribution >= 0.6 is 0 Å². The average molecular weight is 306 g/mol. The van der Waals surface area contributed by atoms with Crippen LogP contribution in [0.15, 0.2) is 36.4 Å². The number of aryl methyl sites for hydroxylation is 1. The standard InChI is InChI=1S/C23H30/c1-16-5-8-20(9-6-16)15-21-10-12-22(13-11-21)23-14-7-17(2)18(3)19(23)4/h7,10-14,16,20H,5-6,8-9,15H2,1-4H3. The van der Waals surface area contributed by atoms with E-state index in [0.717, 1.165) is 11.8 Å². The molecule has 0 aromatic heterocycles. The Morgan fingerprint density at radius 3 is 2.09 bits per heavy atom. The fraction of sp³-hybridized carbons (Fsp3) is 0.478. The molecule has 0 aliphatic heterocycles. The van der Waals surface area contributed by atoms with Crippen LogP contribution in [0.3, 0.4) is 0 Å². The molecule has 3 rings (SSSR count). The van der Waals surface area contributed by atoms with E-state index in [1.54, 1.807) is 0 Å². The molecule has 0 radical (unpaired) electrons. The predicted octanol–water partition coefficient (Wildman–Crippen LogP) is 6.65. The van der Waals surface area contributed by atoms with E-state index in [1.807, 2.05) is 0 Å². The van der Waals surface area contributed by atoms with Crippen LogP contribution in [-0.2, 0) is 6.42 Å². The molecule has 2 aromatic carbocycles. The molecule has 1 aliphatic carbocycles. The maximum Gasteiger partial charge on any atom is -0.0152 e. The van der Waals surface area contributed by atoms with Gasteiger partial charge in [0.15, 0.2) is 0 Å². The van der Waals surface area contributed by atoms with E-state index in [9.17, 15) is 0 Å². The molecule has 122 valence electrons. The molecule has 0 heteroatoms. The lowest BCUT2D eigenvalue weighted by atomic mass is 9.80. The molecule has 1 saturated carbocycles. The topological polar surface area (TPSA) is 0 Å². The van der Waals surface area contributed by atoms with Crippen molar-refractivity contribution in [3.05, 3.63) is 58.7 Å². The number of hydrogen-bond donors (Lipinski definition) is 0. The number of benzene rings is 2. The second-order valence-corrected chi connectivity index (χ2v) is 7.71. The zero-order valence-electron chi connectivity index (χ0n) is 15.2. The molecule has 0 saturated heterocycles. The van der Waals surface area contributed by atoms with Crippen LogP contribution in [0, 0.1) is 32.6 Å². The summed E-state index contributed by atoms with van der Waals surface area (Å²) in [5.41, 5.74) is 8.46. The van der Waals surface area contributed by atoms with E-state index in [-0.39, 0.29) is 0 Å². The fourth-order valence-electron chi connectivity index (χ4n) is 3.96. The summed E-state index contributed by atoms with van der Waals surface area (Å²) in [4.78, 5) is 0. The molecular weight excluding hydrogens is 276 g/mol. The van der Waals surface area contributed by atoms with Crippen LogP contribution < -0.4 is 0 Å². The molecule has 0 heterocycles. The summed E-state index contributed by atoms with van der Waals surface area (Å²) in [6, 6.07) is 13.9. The molecule has 0 nitrogen and oxygen atoms in total. The van der Waals surface area contributed by atoms with Gasteiger partial charge in [-0.15, -0.1) is 0 Å².